The first-order valence-electron chi connectivity index (χ1n) is 7.46. The summed E-state index contributed by atoms with van der Waals surface area (Å²) in [7, 11) is 3.18. The van der Waals surface area contributed by atoms with Gasteiger partial charge in [0, 0.05) is 36.4 Å². The van der Waals surface area contributed by atoms with E-state index in [1.165, 1.54) is 0 Å². The van der Waals surface area contributed by atoms with Crippen molar-refractivity contribution in [3.8, 4) is 0 Å². The number of hydrogen-bond acceptors (Lipinski definition) is 7. The molecule has 0 spiro atoms. The molecule has 0 aliphatic carbocycles. The second-order valence-electron chi connectivity index (χ2n) is 4.35. The highest BCUT2D eigenvalue weighted by molar-refractivity contribution is 8.76. The van der Waals surface area contributed by atoms with Crippen LogP contribution >= 0.6 is 21.6 Å². The van der Waals surface area contributed by atoms with E-state index in [4.69, 9.17) is 15.0 Å². The second-order valence-corrected chi connectivity index (χ2v) is 6.79. The molecule has 0 aromatic carbocycles. The number of pyridine rings is 1. The van der Waals surface area contributed by atoms with Crippen LogP contribution in [0.3, 0.4) is 0 Å². The smallest absolute Gasteiger partial charge is 0.220 e. The van der Waals surface area contributed by atoms with Crippen molar-refractivity contribution in [3.05, 3.63) is 34.8 Å². The molecule has 1 N–H and O–H groups in total. The third-order valence-electron chi connectivity index (χ3n) is 2.53. The standard InChI is InChI=1S/C14H21N5O3S2/c15-19-18-7-9-22-11-10-21-8-6-16-13(20)4-12-23-24-14-3-1-2-5-17-14/h1-3,5H,4,6-12H2,(H,16,20). The van der Waals surface area contributed by atoms with Gasteiger partial charge in [0.15, 0.2) is 0 Å². The van der Waals surface area contributed by atoms with Crippen LogP contribution in [0, 0.1) is 0 Å². The molecule has 1 amide bonds. The van der Waals surface area contributed by atoms with Gasteiger partial charge in [0.2, 0.25) is 5.91 Å². The van der Waals surface area contributed by atoms with Crippen molar-refractivity contribution < 1.29 is 14.3 Å². The zero-order valence-corrected chi connectivity index (χ0v) is 14.9. The molecular weight excluding hydrogens is 350 g/mol. The Morgan fingerprint density at radius 3 is 2.88 bits per heavy atom. The maximum Gasteiger partial charge on any atom is 0.220 e. The Balaban J connectivity index is 1.85. The number of amides is 1. The molecule has 1 heterocycles. The van der Waals surface area contributed by atoms with E-state index in [2.05, 4.69) is 20.3 Å². The Hall–Kier alpha value is -1.45. The van der Waals surface area contributed by atoms with Crippen molar-refractivity contribution in [2.75, 3.05) is 45.3 Å². The van der Waals surface area contributed by atoms with Gasteiger partial charge in [0.05, 0.1) is 26.4 Å². The molecule has 0 fully saturated rings. The van der Waals surface area contributed by atoms with E-state index in [1.54, 1.807) is 27.8 Å². The van der Waals surface area contributed by atoms with Gasteiger partial charge in [-0.2, -0.15) is 0 Å². The predicted molar refractivity (Wildman–Crippen MR) is 95.8 cm³/mol. The molecule has 8 nitrogen and oxygen atoms in total. The van der Waals surface area contributed by atoms with Crippen molar-refractivity contribution in [2.45, 2.75) is 11.4 Å². The summed E-state index contributed by atoms with van der Waals surface area (Å²) < 4.78 is 10.5. The fourth-order valence-electron chi connectivity index (χ4n) is 1.46. The van der Waals surface area contributed by atoms with E-state index in [1.807, 2.05) is 18.2 Å². The Morgan fingerprint density at radius 1 is 1.29 bits per heavy atom. The molecule has 1 rings (SSSR count). The normalized spacial score (nSPS) is 10.2. The minimum absolute atomic E-state index is 0.0123. The summed E-state index contributed by atoms with van der Waals surface area (Å²) in [5.41, 5.74) is 8.07. The highest BCUT2D eigenvalue weighted by atomic mass is 33.1. The molecule has 0 aliphatic rings. The van der Waals surface area contributed by atoms with Crippen molar-refractivity contribution in [3.63, 3.8) is 0 Å². The number of nitrogens with zero attached hydrogens (tertiary/aromatic N) is 4. The van der Waals surface area contributed by atoms with Crippen molar-refractivity contribution in [1.29, 1.82) is 0 Å². The summed E-state index contributed by atoms with van der Waals surface area (Å²) in [4.78, 5) is 18.4. The van der Waals surface area contributed by atoms with E-state index >= 15 is 0 Å². The van der Waals surface area contributed by atoms with Gasteiger partial charge < -0.3 is 14.8 Å². The molecule has 24 heavy (non-hydrogen) atoms. The summed E-state index contributed by atoms with van der Waals surface area (Å²) in [5.74, 6) is 0.741. The van der Waals surface area contributed by atoms with Crippen LogP contribution in [0.1, 0.15) is 6.42 Å². The van der Waals surface area contributed by atoms with Crippen LogP contribution in [0.4, 0.5) is 0 Å². The number of carbonyl (C=O) groups excluding carboxylic acids is 1. The van der Waals surface area contributed by atoms with E-state index < -0.39 is 0 Å². The Labute approximate surface area is 149 Å². The summed E-state index contributed by atoms with van der Waals surface area (Å²) in [6.45, 7) is 2.53. The number of hydrogen-bond donors (Lipinski definition) is 1. The third-order valence-corrected chi connectivity index (χ3v) is 4.80. The monoisotopic (exact) mass is 371 g/mol. The second kappa shape index (κ2) is 15.1. The van der Waals surface area contributed by atoms with Gasteiger partial charge in [-0.05, 0) is 28.5 Å². The molecule has 1 aromatic rings. The minimum atomic E-state index is 0.0123. The van der Waals surface area contributed by atoms with Crippen LogP contribution in [0.15, 0.2) is 34.5 Å². The Morgan fingerprint density at radius 2 is 2.12 bits per heavy atom. The average Bonchev–Trinajstić information content (AvgIpc) is 2.61. The lowest BCUT2D eigenvalue weighted by Gasteiger charge is -2.06. The highest BCUT2D eigenvalue weighted by Crippen LogP contribution is 2.29. The predicted octanol–water partition coefficient (Wildman–Crippen LogP) is 2.67. The SMILES string of the molecule is [N-]=[N+]=NCCOCCOCCNC(=O)CCSSc1ccccn1. The van der Waals surface area contributed by atoms with Crippen LogP contribution in [-0.4, -0.2) is 56.2 Å². The lowest BCUT2D eigenvalue weighted by molar-refractivity contribution is -0.120. The molecule has 0 radical (unpaired) electrons. The fraction of sp³-hybridized carbons (Fsp3) is 0.571. The zero-order chi connectivity index (χ0) is 17.3. The van der Waals surface area contributed by atoms with Gasteiger partial charge in [0.1, 0.15) is 5.03 Å². The Kier molecular flexibility index (Phi) is 13.0. The van der Waals surface area contributed by atoms with Crippen molar-refractivity contribution in [2.24, 2.45) is 5.11 Å². The molecule has 0 aliphatic heterocycles. The van der Waals surface area contributed by atoms with Crippen molar-refractivity contribution >= 4 is 27.5 Å². The lowest BCUT2D eigenvalue weighted by atomic mass is 10.4. The van der Waals surface area contributed by atoms with Gasteiger partial charge in [-0.15, -0.1) is 0 Å². The molecule has 0 atom stereocenters. The number of aromatic nitrogens is 1. The number of nitrogens with one attached hydrogen (secondary N) is 1. The molecule has 132 valence electrons. The number of carbonyl (C=O) groups is 1. The molecular formula is C14H21N5O3S2. The first-order valence-corrected chi connectivity index (χ1v) is 9.78. The highest BCUT2D eigenvalue weighted by Gasteiger charge is 2.02. The van der Waals surface area contributed by atoms with E-state index in [0.29, 0.717) is 45.9 Å². The lowest BCUT2D eigenvalue weighted by Crippen LogP contribution is -2.27. The zero-order valence-electron chi connectivity index (χ0n) is 13.3. The van der Waals surface area contributed by atoms with E-state index in [0.717, 1.165) is 10.8 Å². The number of rotatable bonds is 14. The molecule has 1 aromatic heterocycles. The summed E-state index contributed by atoms with van der Waals surface area (Å²) >= 11 is 0. The minimum Gasteiger partial charge on any atom is -0.379 e. The third kappa shape index (κ3) is 12.0. The summed E-state index contributed by atoms with van der Waals surface area (Å²) in [5, 5.41) is 7.09. The molecule has 0 saturated heterocycles. The van der Waals surface area contributed by atoms with E-state index in [9.17, 15) is 4.79 Å². The Bertz CT molecular complexity index is 500. The van der Waals surface area contributed by atoms with Crippen LogP contribution in [-0.2, 0) is 14.3 Å². The van der Waals surface area contributed by atoms with Gasteiger partial charge >= 0.3 is 0 Å². The molecule has 0 saturated carbocycles. The van der Waals surface area contributed by atoms with Crippen LogP contribution in [0.25, 0.3) is 10.4 Å². The quantitative estimate of drug-likeness (QED) is 0.177. The fourth-order valence-corrected chi connectivity index (χ4v) is 3.32. The first kappa shape index (κ1) is 20.6. The van der Waals surface area contributed by atoms with Gasteiger partial charge in [-0.3, -0.25) is 4.79 Å². The topological polar surface area (TPSA) is 109 Å². The molecule has 10 heteroatoms. The summed E-state index contributed by atoms with van der Waals surface area (Å²) in [6, 6.07) is 5.75. The van der Waals surface area contributed by atoms with Crippen LogP contribution in [0.2, 0.25) is 0 Å². The van der Waals surface area contributed by atoms with Crippen LogP contribution < -0.4 is 5.32 Å². The van der Waals surface area contributed by atoms with Gasteiger partial charge in [-0.25, -0.2) is 4.98 Å². The largest absolute Gasteiger partial charge is 0.379 e. The number of azide groups is 1. The maximum absolute atomic E-state index is 11.6. The van der Waals surface area contributed by atoms with E-state index in [-0.39, 0.29) is 5.91 Å². The molecule has 0 bridgehead atoms. The van der Waals surface area contributed by atoms with Crippen LogP contribution in [0.5, 0.6) is 0 Å². The molecule has 0 unspecified atom stereocenters. The van der Waals surface area contributed by atoms with Crippen molar-refractivity contribution in [1.82, 2.24) is 10.3 Å². The average molecular weight is 371 g/mol. The number of ether oxygens (including phenoxy) is 2. The first-order chi connectivity index (χ1) is 11.8. The van der Waals surface area contributed by atoms with Gasteiger partial charge in [0.25, 0.3) is 0 Å². The maximum atomic E-state index is 11.6. The van der Waals surface area contributed by atoms with Gasteiger partial charge in [-0.1, -0.05) is 22.0 Å². The summed E-state index contributed by atoms with van der Waals surface area (Å²) in [6.07, 6.45) is 2.22.